The number of thiol groups is 1. The molecule has 0 N–H and O–H groups in total. The highest BCUT2D eigenvalue weighted by atomic mass is 32.7. The smallest absolute Gasteiger partial charge is 0.0305 e. The zero-order valence-electron chi connectivity index (χ0n) is 4.88. The molecule has 0 nitrogen and oxygen atoms in total. The number of rotatable bonds is 2. The van der Waals surface area contributed by atoms with Crippen LogP contribution in [0.4, 0.5) is 0 Å². The van der Waals surface area contributed by atoms with Gasteiger partial charge in [0.05, 0.1) is 0 Å². The highest BCUT2D eigenvalue weighted by Gasteiger charge is 2.02. The van der Waals surface area contributed by atoms with Crippen LogP contribution in [0.25, 0.3) is 0 Å². The fourth-order valence-corrected chi connectivity index (χ4v) is 2.22. The largest absolute Gasteiger partial charge is 0.157 e. The number of hydrogen-bond donors (Lipinski definition) is 1. The lowest BCUT2D eigenvalue weighted by atomic mass is 11.0. The average molecular weight is 154 g/mol. The molecule has 2 unspecified atom stereocenters. The highest BCUT2D eigenvalue weighted by Crippen LogP contribution is 2.45. The van der Waals surface area contributed by atoms with Crippen LogP contribution in [-0.4, -0.2) is 17.9 Å². The van der Waals surface area contributed by atoms with Gasteiger partial charge in [0.25, 0.3) is 0 Å². The Morgan fingerprint density at radius 2 is 2.14 bits per heavy atom. The van der Waals surface area contributed by atoms with Crippen molar-refractivity contribution in [2.24, 2.45) is 0 Å². The summed E-state index contributed by atoms with van der Waals surface area (Å²) >= 11 is 6.20. The Labute approximate surface area is 56.4 Å². The zero-order valence-corrected chi connectivity index (χ0v) is 7.49. The van der Waals surface area contributed by atoms with Gasteiger partial charge in [0.1, 0.15) is 0 Å². The molecule has 0 aromatic heterocycles. The second kappa shape index (κ2) is 4.05. The molecule has 0 amide bonds. The number of hydrogen-bond acceptors (Lipinski definition) is 2. The lowest BCUT2D eigenvalue weighted by Gasteiger charge is -2.09. The maximum atomic E-state index is 4.32. The Morgan fingerprint density at radius 3 is 2.14 bits per heavy atom. The van der Waals surface area contributed by atoms with Crippen molar-refractivity contribution in [2.45, 2.75) is 11.9 Å². The normalized spacial score (nSPS) is 18.9. The van der Waals surface area contributed by atoms with Crippen molar-refractivity contribution >= 4 is 31.1 Å². The molecule has 0 aromatic carbocycles. The molecule has 0 aliphatic rings. The first kappa shape index (κ1) is 8.13. The van der Waals surface area contributed by atoms with E-state index in [0.717, 1.165) is 4.99 Å². The minimum Gasteiger partial charge on any atom is -0.157 e. The lowest BCUT2D eigenvalue weighted by Crippen LogP contribution is -1.84. The van der Waals surface area contributed by atoms with Crippen molar-refractivity contribution in [3.63, 3.8) is 0 Å². The molecule has 0 aliphatic heterocycles. The van der Waals surface area contributed by atoms with E-state index in [4.69, 9.17) is 0 Å². The maximum Gasteiger partial charge on any atom is 0.0305 e. The minimum atomic E-state index is -0.00437. The topological polar surface area (TPSA) is 0 Å². The van der Waals surface area contributed by atoms with Crippen molar-refractivity contribution in [3.8, 4) is 0 Å². The first-order chi connectivity index (χ1) is 3.18. The van der Waals surface area contributed by atoms with Gasteiger partial charge in [-0.1, -0.05) is 0 Å². The summed E-state index contributed by atoms with van der Waals surface area (Å²) in [6.45, 7) is 4.39. The summed E-state index contributed by atoms with van der Waals surface area (Å²) in [4.78, 5) is 0.748. The summed E-state index contributed by atoms with van der Waals surface area (Å²) in [5.41, 5.74) is 0. The SMILES string of the molecule is CSC(C)P(C)S. The van der Waals surface area contributed by atoms with Gasteiger partial charge in [-0.25, -0.2) is 0 Å². The van der Waals surface area contributed by atoms with Crippen LogP contribution < -0.4 is 0 Å². The third-order valence-corrected chi connectivity index (χ3v) is 5.69. The molecule has 0 spiro atoms. The second-order valence-corrected chi connectivity index (χ2v) is 6.75. The van der Waals surface area contributed by atoms with Crippen LogP contribution in [0.5, 0.6) is 0 Å². The highest BCUT2D eigenvalue weighted by molar-refractivity contribution is 8.47. The minimum absolute atomic E-state index is 0.00437. The van der Waals surface area contributed by atoms with Crippen molar-refractivity contribution in [2.75, 3.05) is 12.9 Å². The van der Waals surface area contributed by atoms with Crippen LogP contribution in [0.2, 0.25) is 0 Å². The third kappa shape index (κ3) is 3.69. The Balaban J connectivity index is 3.14. The second-order valence-electron chi connectivity index (χ2n) is 1.41. The molecule has 0 aliphatic carbocycles. The van der Waals surface area contributed by atoms with Gasteiger partial charge in [-0.3, -0.25) is 0 Å². The molecule has 0 rings (SSSR count). The quantitative estimate of drug-likeness (QED) is 0.471. The summed E-state index contributed by atoms with van der Waals surface area (Å²) in [6, 6.07) is 0. The first-order valence-electron chi connectivity index (χ1n) is 2.13. The van der Waals surface area contributed by atoms with E-state index in [2.05, 4.69) is 32.1 Å². The molecule has 0 fully saturated rings. The summed E-state index contributed by atoms with van der Waals surface area (Å²) in [6.07, 6.45) is 2.12. The van der Waals surface area contributed by atoms with Crippen molar-refractivity contribution in [1.82, 2.24) is 0 Å². The molecule has 7 heavy (non-hydrogen) atoms. The molecule has 0 saturated carbocycles. The van der Waals surface area contributed by atoms with Gasteiger partial charge < -0.3 is 0 Å². The van der Waals surface area contributed by atoms with Gasteiger partial charge in [0, 0.05) is 4.99 Å². The summed E-state index contributed by atoms with van der Waals surface area (Å²) < 4.78 is 0. The van der Waals surface area contributed by atoms with E-state index >= 15 is 0 Å². The van der Waals surface area contributed by atoms with Crippen LogP contribution in [0.1, 0.15) is 6.92 Å². The first-order valence-corrected chi connectivity index (χ1v) is 6.43. The van der Waals surface area contributed by atoms with E-state index in [9.17, 15) is 0 Å². The molecule has 0 aromatic rings. The van der Waals surface area contributed by atoms with Gasteiger partial charge in [0.2, 0.25) is 0 Å². The fraction of sp³-hybridized carbons (Fsp3) is 1.00. The van der Waals surface area contributed by atoms with Crippen LogP contribution >= 0.6 is 31.1 Å². The molecular formula is C4H11PS2. The van der Waals surface area contributed by atoms with E-state index in [1.54, 1.807) is 0 Å². The number of thioether (sulfide) groups is 1. The van der Waals surface area contributed by atoms with E-state index in [0.29, 0.717) is 0 Å². The van der Waals surface area contributed by atoms with Gasteiger partial charge >= 0.3 is 0 Å². The fourth-order valence-electron chi connectivity index (χ4n) is 0.153. The molecule has 3 heteroatoms. The Bertz CT molecular complexity index is 47.0. The predicted molar refractivity (Wildman–Crippen MR) is 44.8 cm³/mol. The molecule has 0 radical (unpaired) electrons. The van der Waals surface area contributed by atoms with Crippen LogP contribution in [0.15, 0.2) is 0 Å². The Kier molecular flexibility index (Phi) is 4.71. The van der Waals surface area contributed by atoms with Gasteiger partial charge in [-0.15, -0.1) is 0 Å². The molecular weight excluding hydrogens is 143 g/mol. The van der Waals surface area contributed by atoms with Crippen molar-refractivity contribution in [3.05, 3.63) is 0 Å². The van der Waals surface area contributed by atoms with E-state index < -0.39 is 0 Å². The maximum absolute atomic E-state index is 4.32. The van der Waals surface area contributed by atoms with E-state index in [1.165, 1.54) is 0 Å². The molecule has 0 saturated heterocycles. The summed E-state index contributed by atoms with van der Waals surface area (Å²) in [7, 11) is -0.00437. The van der Waals surface area contributed by atoms with E-state index in [-0.39, 0.29) is 7.12 Å². The predicted octanol–water partition coefficient (Wildman–Crippen LogP) is 2.65. The molecule has 2 atom stereocenters. The molecule has 44 valence electrons. The Morgan fingerprint density at radius 1 is 1.71 bits per heavy atom. The van der Waals surface area contributed by atoms with Crippen molar-refractivity contribution in [1.29, 1.82) is 0 Å². The van der Waals surface area contributed by atoms with Crippen molar-refractivity contribution < 1.29 is 0 Å². The van der Waals surface area contributed by atoms with Gasteiger partial charge in [0.15, 0.2) is 0 Å². The van der Waals surface area contributed by atoms with Gasteiger partial charge in [-0.05, 0) is 27.0 Å². The summed E-state index contributed by atoms with van der Waals surface area (Å²) in [5.74, 6) is 0. The lowest BCUT2D eigenvalue weighted by molar-refractivity contribution is 1.41. The Hall–Kier alpha value is 1.13. The molecule has 0 heterocycles. The monoisotopic (exact) mass is 154 g/mol. The zero-order chi connectivity index (χ0) is 5.86. The van der Waals surface area contributed by atoms with E-state index in [1.807, 2.05) is 11.8 Å². The van der Waals surface area contributed by atoms with Crippen LogP contribution in [-0.2, 0) is 0 Å². The molecule has 0 bridgehead atoms. The average Bonchev–Trinajstić information content (AvgIpc) is 1.65. The van der Waals surface area contributed by atoms with Gasteiger partial charge in [-0.2, -0.15) is 24.0 Å². The summed E-state index contributed by atoms with van der Waals surface area (Å²) in [5, 5.41) is 0. The standard InChI is InChI=1S/C4H11PS2/c1-4(7-3)5(2)6/h4,6H,1-3H3. The van der Waals surface area contributed by atoms with Crippen LogP contribution in [0.3, 0.4) is 0 Å². The van der Waals surface area contributed by atoms with Crippen LogP contribution in [0, 0.1) is 0 Å². The third-order valence-electron chi connectivity index (χ3n) is 0.867.